The molecule has 1 aromatic rings. The number of nitrogens with two attached hydrogens (primary N) is 1. The fourth-order valence-electron chi connectivity index (χ4n) is 2.10. The number of carboxylic acids is 1. The zero-order valence-corrected chi connectivity index (χ0v) is 12.4. The lowest BCUT2D eigenvalue weighted by Gasteiger charge is -2.15. The highest BCUT2D eigenvalue weighted by atomic mass is 16.6. The molecule has 0 heterocycles. The van der Waals surface area contributed by atoms with Crippen LogP contribution in [0.1, 0.15) is 30.6 Å². The molecule has 0 aliphatic rings. The summed E-state index contributed by atoms with van der Waals surface area (Å²) in [5.41, 5.74) is 4.94. The van der Waals surface area contributed by atoms with Crippen LogP contribution in [0.2, 0.25) is 0 Å². The Morgan fingerprint density at radius 1 is 1.41 bits per heavy atom. The number of carbonyl (C=O) groups is 2. The highest BCUT2D eigenvalue weighted by molar-refractivity contribution is 6.03. The molecular weight excluding hydrogens is 290 g/mol. The summed E-state index contributed by atoms with van der Waals surface area (Å²) in [7, 11) is 0. The molecule has 1 amide bonds. The second-order valence-electron chi connectivity index (χ2n) is 5.37. The van der Waals surface area contributed by atoms with E-state index < -0.39 is 28.4 Å². The molecule has 0 saturated carbocycles. The van der Waals surface area contributed by atoms with E-state index >= 15 is 0 Å². The van der Waals surface area contributed by atoms with Gasteiger partial charge in [-0.05, 0) is 18.4 Å². The van der Waals surface area contributed by atoms with Crippen LogP contribution in [0.3, 0.4) is 0 Å². The minimum Gasteiger partial charge on any atom is -0.481 e. The number of nitrogens with zero attached hydrogens (tertiary/aromatic N) is 1. The van der Waals surface area contributed by atoms with Gasteiger partial charge in [0.1, 0.15) is 5.56 Å². The Hall–Kier alpha value is -2.64. The Bertz CT molecular complexity index is 586. The summed E-state index contributed by atoms with van der Waals surface area (Å²) in [4.78, 5) is 33.5. The van der Waals surface area contributed by atoms with Crippen LogP contribution in [-0.4, -0.2) is 28.5 Å². The number of hydrogen-bond acceptors (Lipinski definition) is 5. The minimum atomic E-state index is -1.02. The maximum Gasteiger partial charge on any atom is 0.308 e. The van der Waals surface area contributed by atoms with E-state index in [4.69, 9.17) is 10.8 Å². The van der Waals surface area contributed by atoms with Crippen LogP contribution in [0, 0.1) is 22.0 Å². The van der Waals surface area contributed by atoms with Crippen molar-refractivity contribution in [3.05, 3.63) is 33.9 Å². The molecule has 0 fully saturated rings. The molecule has 1 atom stereocenters. The summed E-state index contributed by atoms with van der Waals surface area (Å²) < 4.78 is 0. The monoisotopic (exact) mass is 309 g/mol. The van der Waals surface area contributed by atoms with E-state index in [1.807, 2.05) is 13.8 Å². The van der Waals surface area contributed by atoms with E-state index in [0.717, 1.165) is 0 Å². The van der Waals surface area contributed by atoms with Crippen molar-refractivity contribution in [1.82, 2.24) is 5.32 Å². The molecule has 1 aromatic carbocycles. The van der Waals surface area contributed by atoms with Crippen molar-refractivity contribution < 1.29 is 19.6 Å². The molecule has 0 aromatic heterocycles. The van der Waals surface area contributed by atoms with E-state index in [1.54, 1.807) is 0 Å². The van der Waals surface area contributed by atoms with Crippen LogP contribution in [0.25, 0.3) is 0 Å². The van der Waals surface area contributed by atoms with Crippen molar-refractivity contribution in [3.63, 3.8) is 0 Å². The van der Waals surface area contributed by atoms with Crippen LogP contribution in [-0.2, 0) is 4.79 Å². The molecule has 120 valence electrons. The number of carbonyl (C=O) groups excluding carboxylic acids is 1. The Labute approximate surface area is 127 Å². The van der Waals surface area contributed by atoms with E-state index in [9.17, 15) is 19.7 Å². The first-order valence-electron chi connectivity index (χ1n) is 6.77. The number of anilines is 1. The number of nitro benzene ring substituents is 1. The SMILES string of the molecule is CC(C)CC(CNC(=O)c1c(N)cccc1[N+](=O)[O-])C(=O)O. The predicted molar refractivity (Wildman–Crippen MR) is 80.4 cm³/mol. The predicted octanol–water partition coefficient (Wildman–Crippen LogP) is 1.65. The van der Waals surface area contributed by atoms with Crippen molar-refractivity contribution in [3.8, 4) is 0 Å². The van der Waals surface area contributed by atoms with Gasteiger partial charge in [0, 0.05) is 12.6 Å². The molecule has 1 unspecified atom stereocenters. The van der Waals surface area contributed by atoms with E-state index in [0.29, 0.717) is 6.42 Å². The van der Waals surface area contributed by atoms with Crippen molar-refractivity contribution >= 4 is 23.3 Å². The Morgan fingerprint density at radius 3 is 2.55 bits per heavy atom. The van der Waals surface area contributed by atoms with Crippen molar-refractivity contribution in [2.45, 2.75) is 20.3 Å². The van der Waals surface area contributed by atoms with Gasteiger partial charge in [-0.2, -0.15) is 0 Å². The molecule has 0 saturated heterocycles. The molecular formula is C14H19N3O5. The van der Waals surface area contributed by atoms with Crippen molar-refractivity contribution in [2.24, 2.45) is 11.8 Å². The molecule has 0 radical (unpaired) electrons. The molecule has 0 aliphatic heterocycles. The van der Waals surface area contributed by atoms with Gasteiger partial charge in [-0.25, -0.2) is 0 Å². The smallest absolute Gasteiger partial charge is 0.308 e. The van der Waals surface area contributed by atoms with Crippen LogP contribution in [0.5, 0.6) is 0 Å². The third kappa shape index (κ3) is 4.44. The summed E-state index contributed by atoms with van der Waals surface area (Å²) in [6, 6.07) is 3.93. The quantitative estimate of drug-likeness (QED) is 0.398. The van der Waals surface area contributed by atoms with E-state index in [-0.39, 0.29) is 23.7 Å². The Morgan fingerprint density at radius 2 is 2.05 bits per heavy atom. The minimum absolute atomic E-state index is 0.0255. The molecule has 4 N–H and O–H groups in total. The van der Waals surface area contributed by atoms with Crippen LogP contribution < -0.4 is 11.1 Å². The largest absolute Gasteiger partial charge is 0.481 e. The van der Waals surface area contributed by atoms with Crippen LogP contribution in [0.4, 0.5) is 11.4 Å². The summed E-state index contributed by atoms with van der Waals surface area (Å²) >= 11 is 0. The lowest BCUT2D eigenvalue weighted by molar-refractivity contribution is -0.385. The van der Waals surface area contributed by atoms with Gasteiger partial charge in [0.05, 0.1) is 16.5 Å². The highest BCUT2D eigenvalue weighted by Crippen LogP contribution is 2.24. The number of benzene rings is 1. The fourth-order valence-corrected chi connectivity index (χ4v) is 2.10. The number of rotatable bonds is 7. The number of nitrogens with one attached hydrogen (secondary N) is 1. The Balaban J connectivity index is 2.90. The van der Waals surface area contributed by atoms with Crippen molar-refractivity contribution in [2.75, 3.05) is 12.3 Å². The maximum atomic E-state index is 12.1. The number of hydrogen-bond donors (Lipinski definition) is 3. The van der Waals surface area contributed by atoms with E-state index in [2.05, 4.69) is 5.32 Å². The van der Waals surface area contributed by atoms with Gasteiger partial charge in [-0.1, -0.05) is 19.9 Å². The first-order chi connectivity index (χ1) is 10.2. The van der Waals surface area contributed by atoms with Gasteiger partial charge in [0.2, 0.25) is 0 Å². The second-order valence-corrected chi connectivity index (χ2v) is 5.37. The molecule has 22 heavy (non-hydrogen) atoms. The molecule has 8 heteroatoms. The third-order valence-corrected chi connectivity index (χ3v) is 3.11. The fraction of sp³-hybridized carbons (Fsp3) is 0.429. The van der Waals surface area contributed by atoms with Gasteiger partial charge < -0.3 is 16.2 Å². The summed E-state index contributed by atoms with van der Waals surface area (Å²) in [5, 5.41) is 22.5. The Kier molecular flexibility index (Phi) is 5.85. The number of amides is 1. The molecule has 8 nitrogen and oxygen atoms in total. The second kappa shape index (κ2) is 7.39. The van der Waals surface area contributed by atoms with Gasteiger partial charge in [-0.3, -0.25) is 19.7 Å². The molecule has 0 aliphatic carbocycles. The molecule has 0 bridgehead atoms. The standard InChI is InChI=1S/C14H19N3O5/c1-8(2)6-9(14(19)20)7-16-13(18)12-10(15)4-3-5-11(12)17(21)22/h3-5,8-9H,6-7,15H2,1-2H3,(H,16,18)(H,19,20). The zero-order valence-electron chi connectivity index (χ0n) is 12.4. The zero-order chi connectivity index (χ0) is 16.9. The highest BCUT2D eigenvalue weighted by Gasteiger charge is 2.25. The number of nitro groups is 1. The van der Waals surface area contributed by atoms with Crippen molar-refractivity contribution in [1.29, 1.82) is 0 Å². The number of nitrogen functional groups attached to an aromatic ring is 1. The lowest BCUT2D eigenvalue weighted by atomic mass is 9.97. The molecule has 1 rings (SSSR count). The first-order valence-corrected chi connectivity index (χ1v) is 6.77. The topological polar surface area (TPSA) is 136 Å². The van der Waals surface area contributed by atoms with Crippen LogP contribution >= 0.6 is 0 Å². The average molecular weight is 309 g/mol. The lowest BCUT2D eigenvalue weighted by Crippen LogP contribution is -2.34. The van der Waals surface area contributed by atoms with Crippen LogP contribution in [0.15, 0.2) is 18.2 Å². The average Bonchev–Trinajstić information content (AvgIpc) is 2.41. The molecule has 0 spiro atoms. The first kappa shape index (κ1) is 17.4. The van der Waals surface area contributed by atoms with Gasteiger partial charge in [0.15, 0.2) is 0 Å². The third-order valence-electron chi connectivity index (χ3n) is 3.11. The maximum absolute atomic E-state index is 12.1. The van der Waals surface area contributed by atoms with Gasteiger partial charge >= 0.3 is 5.97 Å². The summed E-state index contributed by atoms with van der Waals surface area (Å²) in [6.07, 6.45) is 0.391. The van der Waals surface area contributed by atoms with Gasteiger partial charge in [-0.15, -0.1) is 0 Å². The summed E-state index contributed by atoms with van der Waals surface area (Å²) in [5.74, 6) is -2.38. The summed E-state index contributed by atoms with van der Waals surface area (Å²) in [6.45, 7) is 3.63. The van der Waals surface area contributed by atoms with Gasteiger partial charge in [0.25, 0.3) is 11.6 Å². The number of aliphatic carboxylic acids is 1. The normalized spacial score (nSPS) is 12.0. The van der Waals surface area contributed by atoms with E-state index in [1.165, 1.54) is 18.2 Å². The number of carboxylic acid groups (broad SMARTS) is 1.